The van der Waals surface area contributed by atoms with E-state index in [0.717, 1.165) is 31.5 Å². The van der Waals surface area contributed by atoms with Crippen molar-refractivity contribution in [2.45, 2.75) is 38.6 Å². The number of carbonyl (C=O) groups excluding carboxylic acids is 2. The molecule has 0 aliphatic carbocycles. The van der Waals surface area contributed by atoms with Gasteiger partial charge in [0.05, 0.1) is 17.4 Å². The summed E-state index contributed by atoms with van der Waals surface area (Å²) in [4.78, 5) is 43.1. The molecule has 7 nitrogen and oxygen atoms in total. The van der Waals surface area contributed by atoms with Crippen LogP contribution in [0.25, 0.3) is 0 Å². The van der Waals surface area contributed by atoms with Gasteiger partial charge in [0.15, 0.2) is 0 Å². The van der Waals surface area contributed by atoms with Gasteiger partial charge in [-0.05, 0) is 32.1 Å². The van der Waals surface area contributed by atoms with Crippen LogP contribution >= 0.6 is 11.3 Å². The molecule has 3 aliphatic heterocycles. The minimum atomic E-state index is -0.0883. The van der Waals surface area contributed by atoms with Gasteiger partial charge >= 0.3 is 0 Å². The lowest BCUT2D eigenvalue weighted by atomic mass is 9.94. The van der Waals surface area contributed by atoms with Crippen molar-refractivity contribution in [1.82, 2.24) is 24.8 Å². The number of fused-ring (bicyclic) bond motifs is 4. The first-order chi connectivity index (χ1) is 13.1. The smallest absolute Gasteiger partial charge is 0.274 e. The molecule has 5 rings (SSSR count). The fraction of sp³-hybridized carbons (Fsp3) is 0.526. The van der Waals surface area contributed by atoms with Crippen LogP contribution in [-0.2, 0) is 11.2 Å². The molecule has 2 aromatic rings. The fourth-order valence-corrected chi connectivity index (χ4v) is 4.84. The van der Waals surface area contributed by atoms with E-state index < -0.39 is 0 Å². The molecule has 2 amide bonds. The molecule has 2 aromatic heterocycles. The summed E-state index contributed by atoms with van der Waals surface area (Å²) >= 11 is 1.61. The average Bonchev–Trinajstić information content (AvgIpc) is 2.91. The van der Waals surface area contributed by atoms with E-state index in [1.165, 1.54) is 17.3 Å². The van der Waals surface area contributed by atoms with Gasteiger partial charge in [0.1, 0.15) is 5.69 Å². The van der Waals surface area contributed by atoms with Crippen molar-refractivity contribution in [1.29, 1.82) is 0 Å². The van der Waals surface area contributed by atoms with Crippen molar-refractivity contribution in [2.24, 2.45) is 5.92 Å². The maximum Gasteiger partial charge on any atom is 0.274 e. The molecule has 3 saturated heterocycles. The summed E-state index contributed by atoms with van der Waals surface area (Å²) in [6, 6.07) is 0.0967. The molecule has 27 heavy (non-hydrogen) atoms. The molecular weight excluding hydrogens is 362 g/mol. The molecule has 2 atom stereocenters. The quantitative estimate of drug-likeness (QED) is 0.804. The molecule has 8 heteroatoms. The van der Waals surface area contributed by atoms with Gasteiger partial charge < -0.3 is 9.80 Å². The molecule has 0 N–H and O–H groups in total. The molecule has 0 aromatic carbocycles. The van der Waals surface area contributed by atoms with Gasteiger partial charge in [0, 0.05) is 49.4 Å². The van der Waals surface area contributed by atoms with Gasteiger partial charge in [-0.25, -0.2) is 9.97 Å². The van der Waals surface area contributed by atoms with E-state index in [1.54, 1.807) is 17.5 Å². The summed E-state index contributed by atoms with van der Waals surface area (Å²) in [5.74, 6) is 0.430. The minimum Gasteiger partial charge on any atom is -0.338 e. The zero-order valence-electron chi connectivity index (χ0n) is 15.4. The second kappa shape index (κ2) is 7.72. The molecular formula is C19H23N5O2S. The number of aromatic nitrogens is 3. The van der Waals surface area contributed by atoms with Crippen LogP contribution < -0.4 is 0 Å². The Kier molecular flexibility index (Phi) is 5.15. The third-order valence-corrected chi connectivity index (χ3v) is 6.51. The first-order valence-electron chi connectivity index (χ1n) is 9.35. The van der Waals surface area contributed by atoms with Crippen molar-refractivity contribution >= 4 is 23.2 Å². The van der Waals surface area contributed by atoms with Crippen LogP contribution in [0.15, 0.2) is 24.1 Å². The van der Waals surface area contributed by atoms with E-state index >= 15 is 0 Å². The number of hydrogen-bond acceptors (Lipinski definition) is 6. The molecule has 2 bridgehead atoms. The lowest BCUT2D eigenvalue weighted by Crippen LogP contribution is -2.47. The fourth-order valence-electron chi connectivity index (χ4n) is 4.05. The Balaban J connectivity index is 1.42. The van der Waals surface area contributed by atoms with Gasteiger partial charge in [-0.3, -0.25) is 14.6 Å². The number of amides is 2. The van der Waals surface area contributed by atoms with E-state index in [-0.39, 0.29) is 17.9 Å². The zero-order chi connectivity index (χ0) is 18.8. The summed E-state index contributed by atoms with van der Waals surface area (Å²) < 4.78 is 0. The normalized spacial score (nSPS) is 22.0. The zero-order valence-corrected chi connectivity index (χ0v) is 16.2. The highest BCUT2D eigenvalue weighted by molar-refractivity contribution is 7.09. The van der Waals surface area contributed by atoms with Crippen LogP contribution in [-0.4, -0.2) is 62.2 Å². The Hall–Kier alpha value is -2.35. The highest BCUT2D eigenvalue weighted by Crippen LogP contribution is 2.29. The third kappa shape index (κ3) is 3.85. The van der Waals surface area contributed by atoms with E-state index in [2.05, 4.69) is 15.0 Å². The largest absolute Gasteiger partial charge is 0.338 e. The van der Waals surface area contributed by atoms with Crippen LogP contribution in [0.1, 0.15) is 40.3 Å². The molecule has 0 radical (unpaired) electrons. The Morgan fingerprint density at radius 3 is 2.81 bits per heavy atom. The minimum absolute atomic E-state index is 0.0883. The number of nitrogens with zero attached hydrogens (tertiary/aromatic N) is 5. The second-order valence-electron chi connectivity index (χ2n) is 7.31. The van der Waals surface area contributed by atoms with Gasteiger partial charge in [-0.1, -0.05) is 0 Å². The molecule has 3 aliphatic rings. The number of rotatable bonds is 4. The van der Waals surface area contributed by atoms with Crippen LogP contribution in [0.4, 0.5) is 0 Å². The van der Waals surface area contributed by atoms with Gasteiger partial charge in [-0.15, -0.1) is 11.3 Å². The van der Waals surface area contributed by atoms with Crippen LogP contribution in [0.2, 0.25) is 0 Å². The summed E-state index contributed by atoms with van der Waals surface area (Å²) in [5, 5.41) is 0. The van der Waals surface area contributed by atoms with Crippen molar-refractivity contribution < 1.29 is 9.59 Å². The summed E-state index contributed by atoms with van der Waals surface area (Å²) in [6.07, 6.45) is 7.88. The number of hydrogen-bond donors (Lipinski definition) is 0. The lowest BCUT2D eigenvalue weighted by molar-refractivity contribution is -0.135. The Labute approximate surface area is 162 Å². The van der Waals surface area contributed by atoms with Crippen molar-refractivity contribution in [3.63, 3.8) is 0 Å². The predicted molar refractivity (Wildman–Crippen MR) is 101 cm³/mol. The highest BCUT2D eigenvalue weighted by Gasteiger charge is 2.38. The Morgan fingerprint density at radius 1 is 1.19 bits per heavy atom. The first kappa shape index (κ1) is 18.0. The van der Waals surface area contributed by atoms with E-state index in [4.69, 9.17) is 0 Å². The predicted octanol–water partition coefficient (Wildman–Crippen LogP) is 1.94. The molecule has 5 heterocycles. The SMILES string of the molecule is Cc1ncsc1CCC(=O)N1C[C@H]2CC[C@@H]1CN(C(=O)c1cnccn1)C2. The maximum atomic E-state index is 12.9. The average molecular weight is 385 g/mol. The number of thiazole rings is 1. The number of piperidine rings is 1. The van der Waals surface area contributed by atoms with Crippen molar-refractivity contribution in [3.05, 3.63) is 40.4 Å². The van der Waals surface area contributed by atoms with Gasteiger partial charge in [0.2, 0.25) is 5.91 Å². The number of aryl methyl sites for hydroxylation is 2. The van der Waals surface area contributed by atoms with Gasteiger partial charge in [-0.2, -0.15) is 0 Å². The lowest BCUT2D eigenvalue weighted by Gasteiger charge is -2.36. The van der Waals surface area contributed by atoms with Crippen LogP contribution in [0, 0.1) is 12.8 Å². The summed E-state index contributed by atoms with van der Waals surface area (Å²) in [5.41, 5.74) is 3.22. The number of carbonyl (C=O) groups is 2. The van der Waals surface area contributed by atoms with Gasteiger partial charge in [0.25, 0.3) is 5.91 Å². The molecule has 0 unspecified atom stereocenters. The molecule has 0 saturated carbocycles. The highest BCUT2D eigenvalue weighted by atomic mass is 32.1. The Morgan fingerprint density at radius 2 is 2.07 bits per heavy atom. The Bertz CT molecular complexity index is 825. The standard InChI is InChI=1S/C19H23N5O2S/c1-13-17(27-12-22-13)4-5-18(25)24-10-14-2-3-15(24)11-23(9-14)19(26)16-8-20-6-7-21-16/h6-8,12,14-15H,2-5,9-11H2,1H3/t14-,15+/m0/s1. The van der Waals surface area contributed by atoms with Crippen molar-refractivity contribution in [2.75, 3.05) is 19.6 Å². The summed E-state index contributed by atoms with van der Waals surface area (Å²) in [7, 11) is 0. The monoisotopic (exact) mass is 385 g/mol. The topological polar surface area (TPSA) is 79.3 Å². The summed E-state index contributed by atoms with van der Waals surface area (Å²) in [6.45, 7) is 4.00. The van der Waals surface area contributed by atoms with E-state index in [0.29, 0.717) is 31.1 Å². The van der Waals surface area contributed by atoms with E-state index in [1.807, 2.05) is 22.2 Å². The molecule has 3 fully saturated rings. The van der Waals surface area contributed by atoms with Crippen molar-refractivity contribution in [3.8, 4) is 0 Å². The maximum absolute atomic E-state index is 12.9. The third-order valence-electron chi connectivity index (χ3n) is 5.51. The van der Waals surface area contributed by atoms with E-state index in [9.17, 15) is 9.59 Å². The van der Waals surface area contributed by atoms with Crippen LogP contribution in [0.3, 0.4) is 0 Å². The molecule has 0 spiro atoms. The second-order valence-corrected chi connectivity index (χ2v) is 8.24. The molecule has 142 valence electrons. The van der Waals surface area contributed by atoms with Crippen LogP contribution in [0.5, 0.6) is 0 Å². The first-order valence-corrected chi connectivity index (χ1v) is 10.2.